The Morgan fingerprint density at radius 3 is 1.63 bits per heavy atom. The minimum absolute atomic E-state index is 0.276. The van der Waals surface area contributed by atoms with Gasteiger partial charge < -0.3 is 19.3 Å². The summed E-state index contributed by atoms with van der Waals surface area (Å²) in [7, 11) is 0. The first-order chi connectivity index (χ1) is 18.7. The lowest BCUT2D eigenvalue weighted by Gasteiger charge is -2.28. The van der Waals surface area contributed by atoms with Crippen LogP contribution in [-0.2, 0) is 9.47 Å². The van der Waals surface area contributed by atoms with Gasteiger partial charge in [-0.15, -0.1) is 0 Å². The molecule has 2 aliphatic heterocycles. The Hall–Kier alpha value is -4.21. The number of morpholine rings is 2. The minimum atomic E-state index is -0.276. The van der Waals surface area contributed by atoms with Gasteiger partial charge >= 0.3 is 0 Å². The van der Waals surface area contributed by atoms with Crippen LogP contribution in [0.25, 0.3) is 0 Å². The number of hydrogen-bond donors (Lipinski definition) is 2. The quantitative estimate of drug-likeness (QED) is 0.354. The van der Waals surface area contributed by atoms with Crippen LogP contribution in [0, 0.1) is 0 Å². The molecule has 0 unspecified atom stereocenters. The molecule has 2 N–H and O–H groups in total. The molecule has 2 heterocycles. The van der Waals surface area contributed by atoms with Gasteiger partial charge in [0.25, 0.3) is 5.91 Å². The molecule has 9 nitrogen and oxygen atoms in total. The van der Waals surface area contributed by atoms with E-state index in [1.54, 1.807) is 24.6 Å². The van der Waals surface area contributed by atoms with E-state index in [4.69, 9.17) is 9.47 Å². The number of carbonyl (C=O) groups is 1. The molecule has 0 aliphatic carbocycles. The highest BCUT2D eigenvalue weighted by Gasteiger charge is 2.11. The molecule has 0 aromatic heterocycles. The van der Waals surface area contributed by atoms with Crippen molar-refractivity contribution in [1.29, 1.82) is 0 Å². The van der Waals surface area contributed by atoms with Crippen LogP contribution in [-0.4, -0.2) is 70.9 Å². The molecule has 38 heavy (non-hydrogen) atoms. The Balaban J connectivity index is 1.07. The average molecular weight is 513 g/mol. The van der Waals surface area contributed by atoms with Gasteiger partial charge in [0.15, 0.2) is 0 Å². The van der Waals surface area contributed by atoms with Crippen LogP contribution < -0.4 is 20.7 Å². The first kappa shape index (κ1) is 25.4. The molecule has 2 saturated heterocycles. The molecule has 2 fully saturated rings. The normalized spacial score (nSPS) is 16.2. The number of hydrazone groups is 2. The van der Waals surface area contributed by atoms with Gasteiger partial charge in [-0.3, -0.25) is 10.2 Å². The second-order valence-electron chi connectivity index (χ2n) is 9.03. The minimum Gasteiger partial charge on any atom is -0.378 e. The highest BCUT2D eigenvalue weighted by atomic mass is 16.5. The smallest absolute Gasteiger partial charge is 0.271 e. The van der Waals surface area contributed by atoms with Crippen molar-refractivity contribution in [2.24, 2.45) is 10.2 Å². The lowest BCUT2D eigenvalue weighted by Crippen LogP contribution is -2.36. The summed E-state index contributed by atoms with van der Waals surface area (Å²) in [4.78, 5) is 17.1. The number of anilines is 3. The van der Waals surface area contributed by atoms with Gasteiger partial charge in [0.2, 0.25) is 0 Å². The zero-order chi connectivity index (χ0) is 26.0. The van der Waals surface area contributed by atoms with Crippen molar-refractivity contribution in [3.63, 3.8) is 0 Å². The Labute approximate surface area is 222 Å². The van der Waals surface area contributed by atoms with Crippen LogP contribution in [0.2, 0.25) is 0 Å². The SMILES string of the molecule is O=C(N/N=C\c1ccc(N2CCOCC2)cc1)c1ccc(N/N=C\c2ccc(N3CCOCC3)cc2)cc1. The molecule has 0 atom stereocenters. The summed E-state index contributed by atoms with van der Waals surface area (Å²) in [6, 6.07) is 23.5. The molecule has 9 heteroatoms. The number of nitrogens with zero attached hydrogens (tertiary/aromatic N) is 4. The van der Waals surface area contributed by atoms with Gasteiger partial charge in [-0.2, -0.15) is 10.2 Å². The number of rotatable bonds is 8. The van der Waals surface area contributed by atoms with Gasteiger partial charge in [-0.1, -0.05) is 24.3 Å². The number of benzene rings is 3. The van der Waals surface area contributed by atoms with Crippen LogP contribution in [0.1, 0.15) is 21.5 Å². The van der Waals surface area contributed by atoms with E-state index in [-0.39, 0.29) is 5.91 Å². The van der Waals surface area contributed by atoms with E-state index in [1.165, 1.54) is 5.69 Å². The van der Waals surface area contributed by atoms with E-state index >= 15 is 0 Å². The van der Waals surface area contributed by atoms with Crippen molar-refractivity contribution in [3.8, 4) is 0 Å². The van der Waals surface area contributed by atoms with E-state index in [0.29, 0.717) is 5.56 Å². The fourth-order valence-electron chi connectivity index (χ4n) is 4.29. The first-order valence-corrected chi connectivity index (χ1v) is 12.8. The number of nitrogens with one attached hydrogen (secondary N) is 2. The third-order valence-electron chi connectivity index (χ3n) is 6.47. The molecule has 3 aromatic rings. The van der Waals surface area contributed by atoms with E-state index < -0.39 is 0 Å². The molecule has 1 amide bonds. The van der Waals surface area contributed by atoms with Crippen LogP contribution in [0.5, 0.6) is 0 Å². The monoisotopic (exact) mass is 512 g/mol. The zero-order valence-electron chi connectivity index (χ0n) is 21.3. The van der Waals surface area contributed by atoms with Crippen molar-refractivity contribution in [2.75, 3.05) is 67.8 Å². The van der Waals surface area contributed by atoms with Crippen LogP contribution in [0.15, 0.2) is 83.0 Å². The molecular weight excluding hydrogens is 480 g/mol. The summed E-state index contributed by atoms with van der Waals surface area (Å²) in [5, 5.41) is 8.40. The van der Waals surface area contributed by atoms with Crippen molar-refractivity contribution in [2.45, 2.75) is 0 Å². The molecule has 0 spiro atoms. The fraction of sp³-hybridized carbons (Fsp3) is 0.276. The summed E-state index contributed by atoms with van der Waals surface area (Å²) in [6.07, 6.45) is 3.41. The van der Waals surface area contributed by atoms with Crippen LogP contribution in [0.4, 0.5) is 17.1 Å². The van der Waals surface area contributed by atoms with E-state index in [0.717, 1.165) is 75.1 Å². The Morgan fingerprint density at radius 2 is 1.13 bits per heavy atom. The largest absolute Gasteiger partial charge is 0.378 e. The van der Waals surface area contributed by atoms with E-state index in [1.807, 2.05) is 36.4 Å². The van der Waals surface area contributed by atoms with Crippen molar-refractivity contribution >= 4 is 35.4 Å². The van der Waals surface area contributed by atoms with Crippen molar-refractivity contribution in [3.05, 3.63) is 89.5 Å². The van der Waals surface area contributed by atoms with Gasteiger partial charge in [0, 0.05) is 43.1 Å². The van der Waals surface area contributed by atoms with E-state index in [9.17, 15) is 4.79 Å². The lowest BCUT2D eigenvalue weighted by atomic mass is 10.2. The van der Waals surface area contributed by atoms with Crippen molar-refractivity contribution < 1.29 is 14.3 Å². The van der Waals surface area contributed by atoms with Crippen molar-refractivity contribution in [1.82, 2.24) is 5.43 Å². The van der Waals surface area contributed by atoms with Gasteiger partial charge in [0.1, 0.15) is 0 Å². The van der Waals surface area contributed by atoms with Gasteiger partial charge in [-0.25, -0.2) is 5.43 Å². The maximum absolute atomic E-state index is 12.4. The number of ether oxygens (including phenoxy) is 2. The highest BCUT2D eigenvalue weighted by Crippen LogP contribution is 2.17. The van der Waals surface area contributed by atoms with E-state index in [2.05, 4.69) is 55.1 Å². The fourth-order valence-corrected chi connectivity index (χ4v) is 4.29. The molecule has 3 aromatic carbocycles. The second-order valence-corrected chi connectivity index (χ2v) is 9.03. The topological polar surface area (TPSA) is 90.8 Å². The molecule has 0 radical (unpaired) electrons. The average Bonchev–Trinajstić information content (AvgIpc) is 2.99. The summed E-state index contributed by atoms with van der Waals surface area (Å²) in [5.74, 6) is -0.276. The number of amides is 1. The maximum atomic E-state index is 12.4. The lowest BCUT2D eigenvalue weighted by molar-refractivity contribution is 0.0955. The molecule has 0 bridgehead atoms. The number of hydrogen-bond acceptors (Lipinski definition) is 8. The summed E-state index contributed by atoms with van der Waals surface area (Å²) < 4.78 is 10.8. The van der Waals surface area contributed by atoms with Crippen LogP contribution in [0.3, 0.4) is 0 Å². The third-order valence-corrected chi connectivity index (χ3v) is 6.47. The summed E-state index contributed by atoms with van der Waals surface area (Å²) in [6.45, 7) is 6.67. The third kappa shape index (κ3) is 6.96. The molecule has 196 valence electrons. The first-order valence-electron chi connectivity index (χ1n) is 12.8. The molecular formula is C29H32N6O3. The molecule has 2 aliphatic rings. The van der Waals surface area contributed by atoms with Gasteiger partial charge in [-0.05, 0) is 59.7 Å². The highest BCUT2D eigenvalue weighted by molar-refractivity contribution is 5.95. The zero-order valence-corrected chi connectivity index (χ0v) is 21.3. The Bertz CT molecular complexity index is 1230. The Kier molecular flexibility index (Phi) is 8.60. The number of carbonyl (C=O) groups excluding carboxylic acids is 1. The Morgan fingerprint density at radius 1 is 0.658 bits per heavy atom. The molecule has 0 saturated carbocycles. The van der Waals surface area contributed by atoms with Gasteiger partial charge in [0.05, 0.1) is 44.5 Å². The summed E-state index contributed by atoms with van der Waals surface area (Å²) >= 11 is 0. The predicted molar refractivity (Wildman–Crippen MR) is 152 cm³/mol. The second kappa shape index (κ2) is 12.8. The predicted octanol–water partition coefficient (Wildman–Crippen LogP) is 3.57. The molecule has 5 rings (SSSR count). The van der Waals surface area contributed by atoms with Crippen LogP contribution >= 0.6 is 0 Å². The maximum Gasteiger partial charge on any atom is 0.271 e. The standard InChI is InChI=1S/C29H32N6O3/c36-29(33-31-22-24-3-11-28(12-4-24)35-15-19-38-20-16-35)25-5-7-26(8-6-25)32-30-21-23-1-9-27(10-2-23)34-13-17-37-18-14-34/h1-12,21-22,32H,13-20H2,(H,33,36)/b30-21-,31-22-. The summed E-state index contributed by atoms with van der Waals surface area (Å²) in [5.41, 5.74) is 11.1.